The van der Waals surface area contributed by atoms with Crippen LogP contribution in [0.25, 0.3) is 0 Å². The number of nitrogens with zero attached hydrogens (tertiary/aromatic N) is 2. The fourth-order valence-corrected chi connectivity index (χ4v) is 3.79. The first-order chi connectivity index (χ1) is 9.38. The summed E-state index contributed by atoms with van der Waals surface area (Å²) in [4.78, 5) is 15.7. The maximum absolute atomic E-state index is 11.2. The Hall–Kier alpha value is -1.13. The van der Waals surface area contributed by atoms with Gasteiger partial charge in [0.25, 0.3) is 0 Å². The Morgan fingerprint density at radius 3 is 2.45 bits per heavy atom. The van der Waals surface area contributed by atoms with Gasteiger partial charge in [-0.25, -0.2) is 4.99 Å². The third-order valence-corrected chi connectivity index (χ3v) is 4.73. The van der Waals surface area contributed by atoms with Crippen molar-refractivity contribution in [3.8, 4) is 0 Å². The van der Waals surface area contributed by atoms with E-state index in [9.17, 15) is 10.1 Å². The van der Waals surface area contributed by atoms with Crippen molar-refractivity contribution in [2.24, 2.45) is 16.3 Å². The molecule has 2 aliphatic rings. The molecule has 0 aromatic carbocycles. The van der Waals surface area contributed by atoms with E-state index in [4.69, 9.17) is 9.73 Å². The number of rotatable bonds is 5. The molecule has 0 spiro atoms. The maximum Gasteiger partial charge on any atom is 0.210 e. The molecule has 114 valence electrons. The monoisotopic (exact) mass is 282 g/mol. The Labute approximate surface area is 120 Å². The van der Waals surface area contributed by atoms with E-state index in [-0.39, 0.29) is 28.3 Å². The second-order valence-corrected chi connectivity index (χ2v) is 6.93. The number of hydrogen-bond acceptors (Lipinski definition) is 4. The summed E-state index contributed by atoms with van der Waals surface area (Å²) < 4.78 is 5.81. The molecule has 20 heavy (non-hydrogen) atoms. The topological polar surface area (TPSA) is 64.7 Å². The standard InChI is InChI=1S/C15H26N2O3/c1-4-12(13-16-14(2,3)11-20-13)15(10-17(18)19)8-6-5-7-9-15/h12H,4-11H2,1-3H3. The zero-order valence-corrected chi connectivity index (χ0v) is 12.9. The molecule has 1 unspecified atom stereocenters. The van der Waals surface area contributed by atoms with Gasteiger partial charge in [0.15, 0.2) is 5.90 Å². The normalized spacial score (nSPS) is 25.6. The Morgan fingerprint density at radius 2 is 2.00 bits per heavy atom. The summed E-state index contributed by atoms with van der Waals surface area (Å²) in [6, 6.07) is 0. The smallest absolute Gasteiger partial charge is 0.210 e. The summed E-state index contributed by atoms with van der Waals surface area (Å²) in [5.41, 5.74) is -0.441. The minimum Gasteiger partial charge on any atom is -0.478 e. The van der Waals surface area contributed by atoms with Crippen molar-refractivity contribution in [3.05, 3.63) is 10.1 Å². The quantitative estimate of drug-likeness (QED) is 0.573. The van der Waals surface area contributed by atoms with E-state index in [2.05, 4.69) is 6.92 Å². The third kappa shape index (κ3) is 3.13. The van der Waals surface area contributed by atoms with Crippen LogP contribution in [0.2, 0.25) is 0 Å². The van der Waals surface area contributed by atoms with Gasteiger partial charge in [-0.15, -0.1) is 0 Å². The molecule has 0 amide bonds. The first-order valence-corrected chi connectivity index (χ1v) is 7.73. The molecule has 1 atom stereocenters. The van der Waals surface area contributed by atoms with Crippen LogP contribution in [0.15, 0.2) is 4.99 Å². The molecule has 5 heteroatoms. The number of ether oxygens (including phenoxy) is 1. The van der Waals surface area contributed by atoms with E-state index >= 15 is 0 Å². The number of hydrogen-bond donors (Lipinski definition) is 0. The molecule has 0 aromatic heterocycles. The predicted molar refractivity (Wildman–Crippen MR) is 78.6 cm³/mol. The van der Waals surface area contributed by atoms with Crippen LogP contribution >= 0.6 is 0 Å². The summed E-state index contributed by atoms with van der Waals surface area (Å²) in [7, 11) is 0. The van der Waals surface area contributed by atoms with E-state index in [1.165, 1.54) is 6.42 Å². The van der Waals surface area contributed by atoms with Gasteiger partial charge in [-0.1, -0.05) is 26.2 Å². The molecule has 0 N–H and O–H groups in total. The highest BCUT2D eigenvalue weighted by Crippen LogP contribution is 2.46. The molecule has 1 heterocycles. The fourth-order valence-electron chi connectivity index (χ4n) is 3.79. The van der Waals surface area contributed by atoms with E-state index in [0.29, 0.717) is 6.61 Å². The molecule has 1 aliphatic carbocycles. The summed E-state index contributed by atoms with van der Waals surface area (Å²) in [6.07, 6.45) is 6.07. The zero-order chi connectivity index (χ0) is 14.8. The number of aliphatic imine (C=N–C) groups is 1. The van der Waals surface area contributed by atoms with Crippen molar-refractivity contribution in [2.75, 3.05) is 13.2 Å². The zero-order valence-electron chi connectivity index (χ0n) is 12.9. The average molecular weight is 282 g/mol. The highest BCUT2D eigenvalue weighted by Gasteiger charge is 2.48. The molecule has 0 saturated heterocycles. The fraction of sp³-hybridized carbons (Fsp3) is 0.933. The molecule has 1 aliphatic heterocycles. The lowest BCUT2D eigenvalue weighted by molar-refractivity contribution is -0.501. The van der Waals surface area contributed by atoms with Gasteiger partial charge in [0, 0.05) is 16.3 Å². The molecule has 1 fully saturated rings. The van der Waals surface area contributed by atoms with Crippen LogP contribution in [0.1, 0.15) is 59.3 Å². The largest absolute Gasteiger partial charge is 0.478 e. The highest BCUT2D eigenvalue weighted by molar-refractivity contribution is 5.81. The first-order valence-electron chi connectivity index (χ1n) is 7.73. The Kier molecular flexibility index (Phi) is 4.35. The lowest BCUT2D eigenvalue weighted by Gasteiger charge is -2.39. The van der Waals surface area contributed by atoms with Crippen LogP contribution in [-0.2, 0) is 4.74 Å². The van der Waals surface area contributed by atoms with Crippen molar-refractivity contribution in [1.29, 1.82) is 0 Å². The van der Waals surface area contributed by atoms with Crippen LogP contribution < -0.4 is 0 Å². The minimum atomic E-state index is -0.254. The van der Waals surface area contributed by atoms with Gasteiger partial charge in [-0.05, 0) is 33.1 Å². The van der Waals surface area contributed by atoms with Gasteiger partial charge < -0.3 is 4.74 Å². The second-order valence-electron chi connectivity index (χ2n) is 6.93. The molecule has 0 bridgehead atoms. The van der Waals surface area contributed by atoms with Crippen molar-refractivity contribution in [2.45, 2.75) is 64.8 Å². The predicted octanol–water partition coefficient (Wildman–Crippen LogP) is 3.45. The van der Waals surface area contributed by atoms with Gasteiger partial charge in [-0.2, -0.15) is 0 Å². The van der Waals surface area contributed by atoms with Gasteiger partial charge in [-0.3, -0.25) is 10.1 Å². The van der Waals surface area contributed by atoms with Gasteiger partial charge in [0.2, 0.25) is 6.54 Å². The van der Waals surface area contributed by atoms with Gasteiger partial charge >= 0.3 is 0 Å². The van der Waals surface area contributed by atoms with Crippen LogP contribution in [0.4, 0.5) is 0 Å². The third-order valence-electron chi connectivity index (χ3n) is 4.73. The van der Waals surface area contributed by atoms with E-state index in [0.717, 1.165) is 38.0 Å². The molecular formula is C15H26N2O3. The molecule has 0 aromatic rings. The van der Waals surface area contributed by atoms with Crippen molar-refractivity contribution < 1.29 is 9.66 Å². The molecular weight excluding hydrogens is 256 g/mol. The van der Waals surface area contributed by atoms with Crippen LogP contribution in [0, 0.1) is 21.4 Å². The average Bonchev–Trinajstić information content (AvgIpc) is 2.70. The van der Waals surface area contributed by atoms with Crippen molar-refractivity contribution >= 4 is 5.90 Å². The summed E-state index contributed by atoms with van der Waals surface area (Å²) in [5, 5.41) is 11.2. The maximum atomic E-state index is 11.2. The summed E-state index contributed by atoms with van der Waals surface area (Å²) in [5.74, 6) is 0.858. The van der Waals surface area contributed by atoms with Crippen LogP contribution in [-0.4, -0.2) is 29.5 Å². The Balaban J connectivity index is 2.27. The van der Waals surface area contributed by atoms with Gasteiger partial charge in [0.05, 0.1) is 5.54 Å². The highest BCUT2D eigenvalue weighted by atomic mass is 16.6. The van der Waals surface area contributed by atoms with E-state index in [1.54, 1.807) is 0 Å². The van der Waals surface area contributed by atoms with Crippen molar-refractivity contribution in [1.82, 2.24) is 0 Å². The van der Waals surface area contributed by atoms with E-state index < -0.39 is 0 Å². The van der Waals surface area contributed by atoms with E-state index in [1.807, 2.05) is 13.8 Å². The summed E-state index contributed by atoms with van der Waals surface area (Å²) >= 11 is 0. The van der Waals surface area contributed by atoms with Crippen LogP contribution in [0.3, 0.4) is 0 Å². The van der Waals surface area contributed by atoms with Gasteiger partial charge in [0.1, 0.15) is 6.61 Å². The first kappa shape index (κ1) is 15.3. The van der Waals surface area contributed by atoms with Crippen LogP contribution in [0.5, 0.6) is 0 Å². The lowest BCUT2D eigenvalue weighted by atomic mass is 9.64. The van der Waals surface area contributed by atoms with Crippen molar-refractivity contribution in [3.63, 3.8) is 0 Å². The molecule has 2 rings (SSSR count). The number of nitro groups is 1. The SMILES string of the molecule is CCC(C1=NC(C)(C)CO1)C1(C[N+](=O)[O-])CCCCC1. The molecule has 5 nitrogen and oxygen atoms in total. The molecule has 1 saturated carbocycles. The minimum absolute atomic E-state index is 0.0499. The lowest BCUT2D eigenvalue weighted by Crippen LogP contribution is -2.43. The second kappa shape index (κ2) is 5.70. The molecule has 0 radical (unpaired) electrons. The Morgan fingerprint density at radius 1 is 1.35 bits per heavy atom. The Bertz CT molecular complexity index is 398. The summed E-state index contributed by atoms with van der Waals surface area (Å²) in [6.45, 7) is 6.83.